The largest absolute Gasteiger partial charge is 0.459 e. The van der Waals surface area contributed by atoms with Crippen molar-refractivity contribution >= 4 is 5.97 Å². The van der Waals surface area contributed by atoms with Gasteiger partial charge in [0.2, 0.25) is 0 Å². The molecule has 0 aliphatic rings. The Kier molecular flexibility index (Phi) is 7.19. The second kappa shape index (κ2) is 8.70. The van der Waals surface area contributed by atoms with E-state index in [2.05, 4.69) is 6.92 Å². The zero-order valence-electron chi connectivity index (χ0n) is 12.0. The molecule has 0 bridgehead atoms. The quantitative estimate of drug-likeness (QED) is 0.575. The number of hydrogen-bond acceptors (Lipinski definition) is 3. The van der Waals surface area contributed by atoms with Gasteiger partial charge >= 0.3 is 5.97 Å². The Balaban J connectivity index is 2.36. The van der Waals surface area contributed by atoms with Crippen molar-refractivity contribution in [3.8, 4) is 0 Å². The summed E-state index contributed by atoms with van der Waals surface area (Å²) in [5.41, 5.74) is 7.13. The molecule has 1 rings (SSSR count). The summed E-state index contributed by atoms with van der Waals surface area (Å²) < 4.78 is 5.42. The lowest BCUT2D eigenvalue weighted by molar-refractivity contribution is 0.0319. The predicted molar refractivity (Wildman–Crippen MR) is 78.0 cm³/mol. The van der Waals surface area contributed by atoms with Crippen LogP contribution in [0.3, 0.4) is 0 Å². The smallest absolute Gasteiger partial charge is 0.338 e. The molecule has 0 spiro atoms. The van der Waals surface area contributed by atoms with Crippen LogP contribution >= 0.6 is 0 Å². The molecule has 1 unspecified atom stereocenters. The number of carbonyl (C=O) groups is 1. The highest BCUT2D eigenvalue weighted by Crippen LogP contribution is 2.11. The molecule has 1 atom stereocenters. The number of nitrogens with two attached hydrogens (primary N) is 1. The maximum atomic E-state index is 11.9. The van der Waals surface area contributed by atoms with Crippen molar-refractivity contribution in [2.45, 2.75) is 58.6 Å². The molecule has 19 heavy (non-hydrogen) atoms. The van der Waals surface area contributed by atoms with E-state index >= 15 is 0 Å². The first kappa shape index (κ1) is 15.7. The molecular formula is C16H25NO2. The maximum absolute atomic E-state index is 11.9. The average Bonchev–Trinajstić information content (AvgIpc) is 2.43. The number of rotatable bonds is 8. The van der Waals surface area contributed by atoms with E-state index < -0.39 is 0 Å². The zero-order valence-corrected chi connectivity index (χ0v) is 12.0. The molecule has 0 aliphatic carbocycles. The molecule has 0 amide bonds. The highest BCUT2D eigenvalue weighted by molar-refractivity contribution is 5.89. The molecule has 0 fully saturated rings. The third kappa shape index (κ3) is 5.88. The van der Waals surface area contributed by atoms with Crippen LogP contribution in [0, 0.1) is 0 Å². The van der Waals surface area contributed by atoms with E-state index in [9.17, 15) is 4.79 Å². The fourth-order valence-corrected chi connectivity index (χ4v) is 1.95. The van der Waals surface area contributed by atoms with Gasteiger partial charge in [0.05, 0.1) is 11.7 Å². The Morgan fingerprint density at radius 2 is 1.89 bits per heavy atom. The van der Waals surface area contributed by atoms with Crippen molar-refractivity contribution in [1.29, 1.82) is 0 Å². The van der Waals surface area contributed by atoms with Crippen molar-refractivity contribution in [3.05, 3.63) is 35.4 Å². The third-order valence-corrected chi connectivity index (χ3v) is 3.20. The lowest BCUT2D eigenvalue weighted by atomic mass is 10.1. The Morgan fingerprint density at radius 1 is 1.21 bits per heavy atom. The molecule has 0 aromatic heterocycles. The van der Waals surface area contributed by atoms with Crippen LogP contribution in [-0.4, -0.2) is 12.1 Å². The first-order chi connectivity index (χ1) is 9.17. The number of benzene rings is 1. The number of unbranched alkanes of at least 4 members (excludes halogenated alkanes) is 3. The lowest BCUT2D eigenvalue weighted by Crippen LogP contribution is -2.15. The molecule has 3 nitrogen and oxygen atoms in total. The summed E-state index contributed by atoms with van der Waals surface area (Å²) in [6.07, 6.45) is 5.73. The van der Waals surface area contributed by atoms with Crippen LogP contribution in [0.5, 0.6) is 0 Å². The highest BCUT2D eigenvalue weighted by atomic mass is 16.5. The van der Waals surface area contributed by atoms with Gasteiger partial charge in [-0.25, -0.2) is 4.79 Å². The van der Waals surface area contributed by atoms with Crippen LogP contribution in [0.4, 0.5) is 0 Å². The Morgan fingerprint density at radius 3 is 2.47 bits per heavy atom. The van der Waals surface area contributed by atoms with Crippen LogP contribution in [0.15, 0.2) is 24.3 Å². The minimum Gasteiger partial charge on any atom is -0.459 e. The van der Waals surface area contributed by atoms with Gasteiger partial charge in [0.15, 0.2) is 0 Å². The van der Waals surface area contributed by atoms with Crippen molar-refractivity contribution in [3.63, 3.8) is 0 Å². The van der Waals surface area contributed by atoms with E-state index in [0.717, 1.165) is 18.4 Å². The molecule has 3 heteroatoms. The summed E-state index contributed by atoms with van der Waals surface area (Å²) in [5, 5.41) is 0. The molecule has 0 heterocycles. The van der Waals surface area contributed by atoms with Gasteiger partial charge in [-0.3, -0.25) is 0 Å². The molecule has 0 saturated carbocycles. The van der Waals surface area contributed by atoms with E-state index in [1.807, 2.05) is 19.1 Å². The molecule has 1 aromatic carbocycles. The SMILES string of the molecule is CCCCCCC(C)OC(=O)c1ccc(CN)cc1. The molecule has 106 valence electrons. The highest BCUT2D eigenvalue weighted by Gasteiger charge is 2.11. The van der Waals surface area contributed by atoms with Crippen molar-refractivity contribution < 1.29 is 9.53 Å². The van der Waals surface area contributed by atoms with Gasteiger partial charge in [0.25, 0.3) is 0 Å². The second-order valence-electron chi connectivity index (χ2n) is 4.97. The van der Waals surface area contributed by atoms with Crippen LogP contribution in [-0.2, 0) is 11.3 Å². The fraction of sp³-hybridized carbons (Fsp3) is 0.562. The molecule has 0 saturated heterocycles. The number of carbonyl (C=O) groups excluding carboxylic acids is 1. The van der Waals surface area contributed by atoms with Gasteiger partial charge in [0, 0.05) is 6.54 Å². The van der Waals surface area contributed by atoms with Crippen LogP contribution < -0.4 is 5.73 Å². The Bertz CT molecular complexity index is 373. The summed E-state index contributed by atoms with van der Waals surface area (Å²) in [7, 11) is 0. The summed E-state index contributed by atoms with van der Waals surface area (Å²) in [6, 6.07) is 7.27. The van der Waals surface area contributed by atoms with E-state index in [4.69, 9.17) is 10.5 Å². The minimum absolute atomic E-state index is 0.0152. The topological polar surface area (TPSA) is 52.3 Å². The molecule has 2 N–H and O–H groups in total. The number of esters is 1. The summed E-state index contributed by atoms with van der Waals surface area (Å²) in [4.78, 5) is 11.9. The van der Waals surface area contributed by atoms with Gasteiger partial charge in [0.1, 0.15) is 0 Å². The monoisotopic (exact) mass is 263 g/mol. The first-order valence-corrected chi connectivity index (χ1v) is 7.17. The fourth-order valence-electron chi connectivity index (χ4n) is 1.95. The third-order valence-electron chi connectivity index (χ3n) is 3.20. The maximum Gasteiger partial charge on any atom is 0.338 e. The zero-order chi connectivity index (χ0) is 14.1. The van der Waals surface area contributed by atoms with Gasteiger partial charge in [-0.1, -0.05) is 38.3 Å². The van der Waals surface area contributed by atoms with Crippen molar-refractivity contribution in [1.82, 2.24) is 0 Å². The second-order valence-corrected chi connectivity index (χ2v) is 4.97. The number of hydrogen-bond donors (Lipinski definition) is 1. The minimum atomic E-state index is -0.244. The Hall–Kier alpha value is -1.35. The molecule has 0 radical (unpaired) electrons. The Labute approximate surface area is 116 Å². The van der Waals surface area contributed by atoms with Crippen LogP contribution in [0.1, 0.15) is 61.9 Å². The average molecular weight is 263 g/mol. The first-order valence-electron chi connectivity index (χ1n) is 7.17. The van der Waals surface area contributed by atoms with E-state index in [1.54, 1.807) is 12.1 Å². The van der Waals surface area contributed by atoms with Crippen LogP contribution in [0.2, 0.25) is 0 Å². The van der Waals surface area contributed by atoms with Gasteiger partial charge in [-0.2, -0.15) is 0 Å². The normalized spacial score (nSPS) is 12.2. The van der Waals surface area contributed by atoms with Crippen molar-refractivity contribution in [2.75, 3.05) is 0 Å². The molecule has 1 aromatic rings. The predicted octanol–water partition coefficient (Wildman–Crippen LogP) is 3.66. The van der Waals surface area contributed by atoms with Gasteiger partial charge in [-0.15, -0.1) is 0 Å². The lowest BCUT2D eigenvalue weighted by Gasteiger charge is -2.13. The standard InChI is InChI=1S/C16H25NO2/c1-3-4-5-6-7-13(2)19-16(18)15-10-8-14(12-17)9-11-15/h8-11,13H,3-7,12,17H2,1-2H3. The summed E-state index contributed by atoms with van der Waals surface area (Å²) in [5.74, 6) is -0.244. The number of ether oxygens (including phenoxy) is 1. The van der Waals surface area contributed by atoms with Gasteiger partial charge in [-0.05, 0) is 37.5 Å². The van der Waals surface area contributed by atoms with E-state index in [-0.39, 0.29) is 12.1 Å². The molecular weight excluding hydrogens is 238 g/mol. The summed E-state index contributed by atoms with van der Waals surface area (Å²) in [6.45, 7) is 4.63. The van der Waals surface area contributed by atoms with E-state index in [1.165, 1.54) is 19.3 Å². The van der Waals surface area contributed by atoms with E-state index in [0.29, 0.717) is 12.1 Å². The van der Waals surface area contributed by atoms with Gasteiger partial charge < -0.3 is 10.5 Å². The molecule has 0 aliphatic heterocycles. The summed E-state index contributed by atoms with van der Waals surface area (Å²) >= 11 is 0. The van der Waals surface area contributed by atoms with Crippen LogP contribution in [0.25, 0.3) is 0 Å². The van der Waals surface area contributed by atoms with Crippen molar-refractivity contribution in [2.24, 2.45) is 5.73 Å².